The van der Waals surface area contributed by atoms with Crippen molar-refractivity contribution < 1.29 is 9.53 Å². The van der Waals surface area contributed by atoms with Gasteiger partial charge in [-0.15, -0.1) is 0 Å². The van der Waals surface area contributed by atoms with Crippen molar-refractivity contribution in [3.63, 3.8) is 0 Å². The summed E-state index contributed by atoms with van der Waals surface area (Å²) in [6, 6.07) is 22.2. The summed E-state index contributed by atoms with van der Waals surface area (Å²) < 4.78 is 5.64. The molecule has 0 atom stereocenters. The highest BCUT2D eigenvalue weighted by Gasteiger charge is 2.13. The van der Waals surface area contributed by atoms with Gasteiger partial charge in [0.25, 0.3) is 0 Å². The number of hydrogen-bond donors (Lipinski definition) is 0. The van der Waals surface area contributed by atoms with Gasteiger partial charge in [0, 0.05) is 19.2 Å². The third-order valence-corrected chi connectivity index (χ3v) is 4.38. The topological polar surface area (TPSA) is 29.5 Å². The maximum absolute atomic E-state index is 12.6. The number of para-hydroxylation sites is 1. The first-order valence-electron chi connectivity index (χ1n) is 8.65. The molecule has 1 amide bonds. The molecule has 0 heterocycles. The van der Waals surface area contributed by atoms with Crippen molar-refractivity contribution in [1.82, 2.24) is 0 Å². The Labute approximate surface area is 148 Å². The zero-order valence-electron chi connectivity index (χ0n) is 14.7. The summed E-state index contributed by atoms with van der Waals surface area (Å²) in [4.78, 5) is 14.3. The molecule has 3 nitrogen and oxygen atoms in total. The van der Waals surface area contributed by atoms with E-state index in [0.717, 1.165) is 22.4 Å². The van der Waals surface area contributed by atoms with Crippen LogP contribution < -0.4 is 9.64 Å². The molecular weight excluding hydrogens is 310 g/mol. The van der Waals surface area contributed by atoms with Crippen LogP contribution in [0.3, 0.4) is 0 Å². The predicted molar refractivity (Wildman–Crippen MR) is 103 cm³/mol. The molecule has 3 aromatic carbocycles. The summed E-state index contributed by atoms with van der Waals surface area (Å²) in [5, 5.41) is 2.32. The van der Waals surface area contributed by atoms with Crippen LogP contribution in [0.15, 0.2) is 66.7 Å². The molecule has 3 heteroatoms. The maximum atomic E-state index is 12.6. The smallest absolute Gasteiger partial charge is 0.227 e. The van der Waals surface area contributed by atoms with Crippen LogP contribution in [0, 0.1) is 0 Å². The molecule has 0 radical (unpaired) electrons. The number of anilines is 1. The maximum Gasteiger partial charge on any atom is 0.227 e. The molecule has 0 fully saturated rings. The molecule has 25 heavy (non-hydrogen) atoms. The zero-order valence-corrected chi connectivity index (χ0v) is 14.7. The summed E-state index contributed by atoms with van der Waals surface area (Å²) >= 11 is 0. The van der Waals surface area contributed by atoms with Crippen molar-refractivity contribution in [3.05, 3.63) is 72.3 Å². The van der Waals surface area contributed by atoms with Gasteiger partial charge in [0.2, 0.25) is 5.91 Å². The van der Waals surface area contributed by atoms with Gasteiger partial charge in [-0.1, -0.05) is 48.5 Å². The molecule has 0 aliphatic carbocycles. The van der Waals surface area contributed by atoms with Gasteiger partial charge in [-0.3, -0.25) is 4.79 Å². The van der Waals surface area contributed by atoms with Crippen molar-refractivity contribution in [2.45, 2.75) is 19.8 Å². The number of fused-ring (bicyclic) bond motifs is 1. The lowest BCUT2D eigenvalue weighted by atomic mass is 10.1. The highest BCUT2D eigenvalue weighted by atomic mass is 16.5. The van der Waals surface area contributed by atoms with Gasteiger partial charge in [-0.25, -0.2) is 0 Å². The second-order valence-corrected chi connectivity index (χ2v) is 6.02. The van der Waals surface area contributed by atoms with Crippen LogP contribution in [0.2, 0.25) is 0 Å². The van der Waals surface area contributed by atoms with Gasteiger partial charge in [0.05, 0.1) is 6.61 Å². The number of carbonyl (C=O) groups excluding carboxylic acids is 1. The molecule has 3 rings (SSSR count). The summed E-state index contributed by atoms with van der Waals surface area (Å²) in [7, 11) is 1.83. The van der Waals surface area contributed by atoms with Crippen molar-refractivity contribution >= 4 is 22.4 Å². The highest BCUT2D eigenvalue weighted by molar-refractivity contribution is 5.96. The molecule has 0 aromatic heterocycles. The van der Waals surface area contributed by atoms with Crippen LogP contribution >= 0.6 is 0 Å². The number of amides is 1. The van der Waals surface area contributed by atoms with Crippen LogP contribution in [-0.2, 0) is 11.2 Å². The van der Waals surface area contributed by atoms with Crippen LogP contribution in [0.5, 0.6) is 5.75 Å². The molecule has 0 aliphatic rings. The minimum atomic E-state index is 0.0987. The van der Waals surface area contributed by atoms with E-state index in [1.807, 2.05) is 56.4 Å². The van der Waals surface area contributed by atoms with Crippen molar-refractivity contribution in [2.24, 2.45) is 0 Å². The van der Waals surface area contributed by atoms with Gasteiger partial charge in [-0.05, 0) is 47.9 Å². The van der Waals surface area contributed by atoms with E-state index in [9.17, 15) is 4.79 Å². The average molecular weight is 333 g/mol. The Hall–Kier alpha value is -2.81. The SMILES string of the molecule is CCOc1ccccc1CCC(=O)N(C)c1ccc2ccccc2c1. The van der Waals surface area contributed by atoms with Crippen LogP contribution in [-0.4, -0.2) is 19.6 Å². The predicted octanol–water partition coefficient (Wildman–Crippen LogP) is 4.83. The van der Waals surface area contributed by atoms with Gasteiger partial charge in [0.15, 0.2) is 0 Å². The van der Waals surface area contributed by atoms with E-state index >= 15 is 0 Å². The zero-order chi connectivity index (χ0) is 17.6. The summed E-state index contributed by atoms with van der Waals surface area (Å²) in [5.74, 6) is 0.966. The fraction of sp³-hybridized carbons (Fsp3) is 0.227. The monoisotopic (exact) mass is 333 g/mol. The van der Waals surface area contributed by atoms with E-state index in [2.05, 4.69) is 24.3 Å². The molecule has 0 bridgehead atoms. The summed E-state index contributed by atoms with van der Waals surface area (Å²) in [6.07, 6.45) is 1.13. The number of rotatable bonds is 6. The Kier molecular flexibility index (Phi) is 5.34. The number of benzene rings is 3. The Morgan fingerprint density at radius 2 is 1.68 bits per heavy atom. The third kappa shape index (κ3) is 4.00. The molecule has 0 saturated carbocycles. The highest BCUT2D eigenvalue weighted by Crippen LogP contribution is 2.23. The molecule has 0 aliphatic heterocycles. The van der Waals surface area contributed by atoms with Gasteiger partial charge in [-0.2, -0.15) is 0 Å². The van der Waals surface area contributed by atoms with E-state index < -0.39 is 0 Å². The van der Waals surface area contributed by atoms with E-state index in [0.29, 0.717) is 19.4 Å². The van der Waals surface area contributed by atoms with E-state index in [1.54, 1.807) is 4.90 Å². The van der Waals surface area contributed by atoms with Crippen LogP contribution in [0.4, 0.5) is 5.69 Å². The number of nitrogens with zero attached hydrogens (tertiary/aromatic N) is 1. The van der Waals surface area contributed by atoms with Gasteiger partial charge < -0.3 is 9.64 Å². The molecule has 0 saturated heterocycles. The Bertz CT molecular complexity index is 873. The summed E-state index contributed by atoms with van der Waals surface area (Å²) in [5.41, 5.74) is 1.99. The lowest BCUT2D eigenvalue weighted by Gasteiger charge is -2.18. The van der Waals surface area contributed by atoms with Gasteiger partial charge >= 0.3 is 0 Å². The lowest BCUT2D eigenvalue weighted by Crippen LogP contribution is -2.26. The first-order valence-corrected chi connectivity index (χ1v) is 8.65. The first kappa shape index (κ1) is 17.0. The van der Waals surface area contributed by atoms with Crippen LogP contribution in [0.1, 0.15) is 18.9 Å². The first-order chi connectivity index (χ1) is 12.2. The van der Waals surface area contributed by atoms with E-state index in [4.69, 9.17) is 4.74 Å². The standard InChI is InChI=1S/C22H23NO2/c1-3-25-21-11-7-6-9-18(21)13-15-22(24)23(2)20-14-12-17-8-4-5-10-19(17)16-20/h4-12,14,16H,3,13,15H2,1-2H3. The van der Waals surface area contributed by atoms with Crippen molar-refractivity contribution in [1.29, 1.82) is 0 Å². The van der Waals surface area contributed by atoms with Gasteiger partial charge in [0.1, 0.15) is 5.75 Å². The fourth-order valence-corrected chi connectivity index (χ4v) is 2.95. The molecule has 128 valence electrons. The Morgan fingerprint density at radius 3 is 2.48 bits per heavy atom. The molecule has 3 aromatic rings. The second kappa shape index (κ2) is 7.84. The normalized spacial score (nSPS) is 10.6. The molecule has 0 spiro atoms. The fourth-order valence-electron chi connectivity index (χ4n) is 2.95. The number of hydrogen-bond acceptors (Lipinski definition) is 2. The molecular formula is C22H23NO2. The van der Waals surface area contributed by atoms with E-state index in [-0.39, 0.29) is 5.91 Å². The second-order valence-electron chi connectivity index (χ2n) is 6.02. The molecule has 0 unspecified atom stereocenters. The lowest BCUT2D eigenvalue weighted by molar-refractivity contribution is -0.118. The number of ether oxygens (including phenoxy) is 1. The Morgan fingerprint density at radius 1 is 0.960 bits per heavy atom. The average Bonchev–Trinajstić information content (AvgIpc) is 2.66. The van der Waals surface area contributed by atoms with Crippen molar-refractivity contribution in [3.8, 4) is 5.75 Å². The quantitative estimate of drug-likeness (QED) is 0.646. The van der Waals surface area contributed by atoms with Crippen LogP contribution in [0.25, 0.3) is 10.8 Å². The van der Waals surface area contributed by atoms with Crippen molar-refractivity contribution in [2.75, 3.05) is 18.6 Å². The van der Waals surface area contributed by atoms with E-state index in [1.165, 1.54) is 5.39 Å². The number of aryl methyl sites for hydroxylation is 1. The summed E-state index contributed by atoms with van der Waals surface area (Å²) in [6.45, 7) is 2.59. The molecule has 0 N–H and O–H groups in total. The third-order valence-electron chi connectivity index (χ3n) is 4.38. The largest absolute Gasteiger partial charge is 0.494 e. The minimum absolute atomic E-state index is 0.0987. The Balaban J connectivity index is 1.70. The minimum Gasteiger partial charge on any atom is -0.494 e. The number of carbonyl (C=O) groups is 1.